The van der Waals surface area contributed by atoms with E-state index in [4.69, 9.17) is 9.79 Å². The summed E-state index contributed by atoms with van der Waals surface area (Å²) in [7, 11) is -4.06. The van der Waals surface area contributed by atoms with Crippen molar-refractivity contribution in [3.8, 4) is 0 Å². The Hall–Kier alpha value is -3.30. The van der Waals surface area contributed by atoms with Crippen molar-refractivity contribution in [1.29, 1.82) is 0 Å². The summed E-state index contributed by atoms with van der Waals surface area (Å²) in [6.45, 7) is 0.0466. The number of carbonyl (C=O) groups excluding carboxylic acids is 3. The van der Waals surface area contributed by atoms with Gasteiger partial charge in [0.1, 0.15) is 18.4 Å². The molecule has 0 radical (unpaired) electrons. The first-order valence-electron chi connectivity index (χ1n) is 13.7. The van der Waals surface area contributed by atoms with Crippen LogP contribution < -0.4 is 5.32 Å². The van der Waals surface area contributed by atoms with Crippen LogP contribution in [0, 0.1) is 0 Å². The van der Waals surface area contributed by atoms with Crippen molar-refractivity contribution >= 4 is 46.7 Å². The molecule has 0 bridgehead atoms. The van der Waals surface area contributed by atoms with Gasteiger partial charge >= 0.3 is 13.3 Å². The van der Waals surface area contributed by atoms with Crippen LogP contribution >= 0.6 is 18.9 Å². The number of β-amino-alcohol motifs (C(OH)–C–C–N with tert-alkyl or cyclic N) is 1. The Bertz CT molecular complexity index is 1670. The Labute approximate surface area is 247 Å². The predicted molar refractivity (Wildman–Crippen MR) is 148 cm³/mol. The fourth-order valence-electron chi connectivity index (χ4n) is 6.27. The molecule has 43 heavy (non-hydrogen) atoms. The summed E-state index contributed by atoms with van der Waals surface area (Å²) in [5.74, 6) is -0.898. The highest BCUT2D eigenvalue weighted by molar-refractivity contribution is 7.52. The monoisotopic (exact) mass is 638 g/mol. The van der Waals surface area contributed by atoms with Crippen LogP contribution in [0.3, 0.4) is 0 Å². The Morgan fingerprint density at radius 2 is 1.91 bits per heavy atom. The maximum atomic E-state index is 14.2. The SMILES string of the molecule is Cn1cnnc1C1(O)CN(C(=O)[C@@H]2CC[C@@H]3CCC[C@H](NC(=O)c4cc5cc(C(F)(F)P(=O)(O)O)ccc5s4)C(=O)N32)C1. The van der Waals surface area contributed by atoms with Gasteiger partial charge in [-0.1, -0.05) is 6.07 Å². The normalized spacial score (nSPS) is 24.0. The van der Waals surface area contributed by atoms with Gasteiger partial charge in [-0.3, -0.25) is 18.9 Å². The van der Waals surface area contributed by atoms with E-state index in [0.717, 1.165) is 23.5 Å². The lowest BCUT2D eigenvalue weighted by Gasteiger charge is -2.47. The maximum Gasteiger partial charge on any atom is 0.399 e. The molecular weight excluding hydrogens is 609 g/mol. The Balaban J connectivity index is 1.16. The van der Waals surface area contributed by atoms with Crippen LogP contribution in [0.15, 0.2) is 30.6 Å². The fourth-order valence-corrected chi connectivity index (χ4v) is 7.70. The summed E-state index contributed by atoms with van der Waals surface area (Å²) in [5.41, 5.74) is -6.58. The Morgan fingerprint density at radius 1 is 1.16 bits per heavy atom. The third-order valence-corrected chi connectivity index (χ3v) is 10.6. The fraction of sp³-hybridized carbons (Fsp3) is 0.500. The number of alkyl halides is 2. The number of hydrogen-bond donors (Lipinski definition) is 4. The zero-order chi connectivity index (χ0) is 30.9. The van der Waals surface area contributed by atoms with E-state index in [0.29, 0.717) is 42.6 Å². The largest absolute Gasteiger partial charge is 0.399 e. The van der Waals surface area contributed by atoms with Gasteiger partial charge in [0, 0.05) is 23.4 Å². The van der Waals surface area contributed by atoms with Crippen LogP contribution in [0.5, 0.6) is 0 Å². The van der Waals surface area contributed by atoms with E-state index in [9.17, 15) is 32.8 Å². The molecule has 3 aliphatic heterocycles. The van der Waals surface area contributed by atoms with Gasteiger partial charge in [-0.05, 0) is 55.7 Å². The van der Waals surface area contributed by atoms with E-state index in [-0.39, 0.29) is 41.2 Å². The highest BCUT2D eigenvalue weighted by atomic mass is 32.1. The van der Waals surface area contributed by atoms with Crippen molar-refractivity contribution in [3.63, 3.8) is 0 Å². The second-order valence-corrected chi connectivity index (χ2v) is 14.1. The Morgan fingerprint density at radius 3 is 2.58 bits per heavy atom. The van der Waals surface area contributed by atoms with Crippen LogP contribution in [0.2, 0.25) is 0 Å². The topological polar surface area (TPSA) is 178 Å². The van der Waals surface area contributed by atoms with Crippen molar-refractivity contribution in [1.82, 2.24) is 29.9 Å². The van der Waals surface area contributed by atoms with Crippen molar-refractivity contribution in [2.24, 2.45) is 7.05 Å². The zero-order valence-corrected chi connectivity index (χ0v) is 24.6. The zero-order valence-electron chi connectivity index (χ0n) is 22.9. The number of thiophene rings is 1. The number of aliphatic hydroxyl groups is 1. The number of likely N-dealkylation sites (tertiary alicyclic amines) is 1. The summed E-state index contributed by atoms with van der Waals surface area (Å²) in [4.78, 5) is 61.7. The first-order valence-corrected chi connectivity index (χ1v) is 16.1. The van der Waals surface area contributed by atoms with Gasteiger partial charge in [0.15, 0.2) is 11.4 Å². The van der Waals surface area contributed by atoms with Gasteiger partial charge in [-0.15, -0.1) is 21.5 Å². The average Bonchev–Trinajstić information content (AvgIpc) is 3.65. The van der Waals surface area contributed by atoms with Gasteiger partial charge in [0.2, 0.25) is 11.8 Å². The minimum atomic E-state index is -5.76. The molecule has 6 rings (SSSR count). The third-order valence-electron chi connectivity index (χ3n) is 8.47. The molecule has 0 spiro atoms. The van der Waals surface area contributed by atoms with Crippen LogP contribution in [0.1, 0.15) is 53.2 Å². The van der Waals surface area contributed by atoms with Crippen molar-refractivity contribution < 1.29 is 42.6 Å². The molecule has 230 valence electrons. The minimum Gasteiger partial charge on any atom is -0.378 e. The molecule has 2 aromatic heterocycles. The van der Waals surface area contributed by atoms with Crippen molar-refractivity contribution in [2.75, 3.05) is 13.1 Å². The molecule has 3 aromatic rings. The van der Waals surface area contributed by atoms with Crippen molar-refractivity contribution in [3.05, 3.63) is 46.9 Å². The Kier molecular flexibility index (Phi) is 7.20. The van der Waals surface area contributed by atoms with E-state index in [1.165, 1.54) is 23.4 Å². The molecule has 3 atom stereocenters. The first kappa shape index (κ1) is 29.8. The van der Waals surface area contributed by atoms with Gasteiger partial charge in [0.25, 0.3) is 5.91 Å². The number of hydrogen-bond acceptors (Lipinski definition) is 8. The number of aromatic nitrogens is 3. The molecule has 3 amide bonds. The standard InChI is InChI=1S/C26H29F2N6O7PS/c1-32-13-29-31-24(32)25(38)11-33(12-25)23(37)18-7-6-16-3-2-4-17(22(36)34(16)18)30-21(35)20-10-14-9-15(5-8-19(14)43-20)26(27,28)42(39,40)41/h5,8-10,13,16-18,38H,2-4,6-7,11-12H2,1H3,(H,30,35)(H2,39,40,41)/t16-,17-,18-/m0/s1. The number of aryl methyl sites for hydroxylation is 1. The van der Waals surface area contributed by atoms with E-state index in [2.05, 4.69) is 15.5 Å². The minimum absolute atomic E-state index is 0.0233. The molecule has 0 unspecified atom stereocenters. The third kappa shape index (κ3) is 5.04. The summed E-state index contributed by atoms with van der Waals surface area (Å²) >= 11 is 0.995. The molecule has 3 aliphatic rings. The lowest BCUT2D eigenvalue weighted by atomic mass is 9.92. The lowest BCUT2D eigenvalue weighted by Crippen LogP contribution is -2.65. The van der Waals surface area contributed by atoms with Gasteiger partial charge in [-0.25, -0.2) is 0 Å². The van der Waals surface area contributed by atoms with Gasteiger partial charge in [0.05, 0.1) is 18.0 Å². The summed E-state index contributed by atoms with van der Waals surface area (Å²) in [5, 5.41) is 21.6. The van der Waals surface area contributed by atoms with E-state index in [1.54, 1.807) is 16.5 Å². The van der Waals surface area contributed by atoms with Crippen molar-refractivity contribution in [2.45, 2.75) is 61.5 Å². The summed E-state index contributed by atoms with van der Waals surface area (Å²) in [6, 6.07) is 2.66. The van der Waals surface area contributed by atoms with E-state index in [1.807, 2.05) is 0 Å². The highest BCUT2D eigenvalue weighted by Crippen LogP contribution is 2.59. The van der Waals surface area contributed by atoms with Crippen LogP contribution in [0.25, 0.3) is 10.1 Å². The predicted octanol–water partition coefficient (Wildman–Crippen LogP) is 1.63. The van der Waals surface area contributed by atoms with Gasteiger partial charge in [-0.2, -0.15) is 8.78 Å². The smallest absolute Gasteiger partial charge is 0.378 e. The average molecular weight is 639 g/mol. The quantitative estimate of drug-likeness (QED) is 0.292. The molecule has 17 heteroatoms. The lowest BCUT2D eigenvalue weighted by molar-refractivity contribution is -0.166. The first-order chi connectivity index (χ1) is 20.2. The van der Waals surface area contributed by atoms with E-state index >= 15 is 0 Å². The second-order valence-electron chi connectivity index (χ2n) is 11.4. The number of halogens is 2. The molecule has 0 aliphatic carbocycles. The number of nitrogens with zero attached hydrogens (tertiary/aromatic N) is 5. The number of amides is 3. The number of rotatable bonds is 6. The highest BCUT2D eigenvalue weighted by Gasteiger charge is 2.53. The second kappa shape index (κ2) is 10.4. The molecule has 4 N–H and O–H groups in total. The number of fused-ring (bicyclic) bond motifs is 2. The number of carbonyl (C=O) groups is 3. The molecule has 13 nitrogen and oxygen atoms in total. The molecule has 5 heterocycles. The molecule has 3 saturated heterocycles. The molecular formula is C26H29F2N6O7PS. The molecule has 3 fully saturated rings. The van der Waals surface area contributed by atoms with Crippen LogP contribution in [-0.4, -0.2) is 88.4 Å². The van der Waals surface area contributed by atoms with Crippen LogP contribution in [-0.2, 0) is 32.5 Å². The molecule has 1 aromatic carbocycles. The molecule has 0 saturated carbocycles. The number of nitrogens with one attached hydrogen (secondary N) is 1. The summed E-state index contributed by atoms with van der Waals surface area (Å²) < 4.78 is 41.7. The summed E-state index contributed by atoms with van der Waals surface area (Å²) in [6.07, 6.45) is 4.24. The number of benzene rings is 1. The maximum absolute atomic E-state index is 14.2. The van der Waals surface area contributed by atoms with Gasteiger partial charge < -0.3 is 34.6 Å². The van der Waals surface area contributed by atoms with Crippen LogP contribution in [0.4, 0.5) is 8.78 Å². The van der Waals surface area contributed by atoms with E-state index < -0.39 is 42.4 Å².